The SMILES string of the molecule is Cc1nn(-c2cc(CNC(C)(C)C)ccn2)c(C)c1Br. The van der Waals surface area contributed by atoms with E-state index in [1.807, 2.05) is 30.8 Å². The van der Waals surface area contributed by atoms with E-state index in [-0.39, 0.29) is 5.54 Å². The third kappa shape index (κ3) is 3.46. The molecule has 2 aromatic rings. The highest BCUT2D eigenvalue weighted by atomic mass is 79.9. The molecule has 0 fully saturated rings. The van der Waals surface area contributed by atoms with Crippen molar-refractivity contribution in [1.29, 1.82) is 0 Å². The van der Waals surface area contributed by atoms with E-state index in [0.29, 0.717) is 0 Å². The predicted octanol–water partition coefficient (Wildman–Crippen LogP) is 3.53. The minimum absolute atomic E-state index is 0.102. The number of aromatic nitrogens is 3. The first-order valence-electron chi connectivity index (χ1n) is 6.70. The molecule has 0 bridgehead atoms. The highest BCUT2D eigenvalue weighted by Crippen LogP contribution is 2.22. The Morgan fingerprint density at radius 2 is 2.00 bits per heavy atom. The van der Waals surface area contributed by atoms with Crippen molar-refractivity contribution in [2.75, 3.05) is 0 Å². The van der Waals surface area contributed by atoms with Crippen LogP contribution in [0.25, 0.3) is 5.82 Å². The fourth-order valence-electron chi connectivity index (χ4n) is 1.90. The van der Waals surface area contributed by atoms with Gasteiger partial charge in [0.2, 0.25) is 0 Å². The second-order valence-corrected chi connectivity index (χ2v) is 6.82. The van der Waals surface area contributed by atoms with Gasteiger partial charge in [-0.25, -0.2) is 9.67 Å². The maximum atomic E-state index is 4.52. The average molecular weight is 337 g/mol. The van der Waals surface area contributed by atoms with Crippen molar-refractivity contribution in [3.8, 4) is 5.82 Å². The summed E-state index contributed by atoms with van der Waals surface area (Å²) in [4.78, 5) is 4.42. The lowest BCUT2D eigenvalue weighted by Crippen LogP contribution is -2.35. The van der Waals surface area contributed by atoms with Crippen LogP contribution >= 0.6 is 15.9 Å². The number of nitrogens with one attached hydrogen (secondary N) is 1. The van der Waals surface area contributed by atoms with Crippen LogP contribution in [0.4, 0.5) is 0 Å². The van der Waals surface area contributed by atoms with Crippen LogP contribution < -0.4 is 5.32 Å². The molecule has 108 valence electrons. The standard InChI is InChI=1S/C15H21BrN4/c1-10-14(16)11(2)20(19-10)13-8-12(6-7-17-13)9-18-15(3,4)5/h6-8,18H,9H2,1-5H3. The summed E-state index contributed by atoms with van der Waals surface area (Å²) in [7, 11) is 0. The Morgan fingerprint density at radius 3 is 2.55 bits per heavy atom. The van der Waals surface area contributed by atoms with Gasteiger partial charge in [-0.2, -0.15) is 5.10 Å². The molecule has 0 aliphatic rings. The Morgan fingerprint density at radius 1 is 1.30 bits per heavy atom. The second-order valence-electron chi connectivity index (χ2n) is 6.02. The predicted molar refractivity (Wildman–Crippen MR) is 85.1 cm³/mol. The highest BCUT2D eigenvalue weighted by molar-refractivity contribution is 9.10. The van der Waals surface area contributed by atoms with Crippen LogP contribution in [0.1, 0.15) is 37.7 Å². The molecular formula is C15H21BrN4. The molecule has 0 atom stereocenters. The van der Waals surface area contributed by atoms with Crippen LogP contribution in [0.3, 0.4) is 0 Å². The van der Waals surface area contributed by atoms with Crippen LogP contribution in [0, 0.1) is 13.8 Å². The minimum atomic E-state index is 0.102. The van der Waals surface area contributed by atoms with Gasteiger partial charge in [0, 0.05) is 18.3 Å². The zero-order valence-corrected chi connectivity index (χ0v) is 14.2. The third-order valence-corrected chi connectivity index (χ3v) is 4.20. The fourth-order valence-corrected chi connectivity index (χ4v) is 2.15. The molecular weight excluding hydrogens is 316 g/mol. The first kappa shape index (κ1) is 15.2. The maximum Gasteiger partial charge on any atom is 0.153 e. The van der Waals surface area contributed by atoms with Gasteiger partial charge in [0.15, 0.2) is 5.82 Å². The van der Waals surface area contributed by atoms with Crippen molar-refractivity contribution in [3.05, 3.63) is 39.8 Å². The van der Waals surface area contributed by atoms with Crippen molar-refractivity contribution < 1.29 is 0 Å². The summed E-state index contributed by atoms with van der Waals surface area (Å²) in [6.45, 7) is 11.3. The van der Waals surface area contributed by atoms with Crippen LogP contribution in [-0.4, -0.2) is 20.3 Å². The summed E-state index contributed by atoms with van der Waals surface area (Å²) in [6, 6.07) is 4.10. The van der Waals surface area contributed by atoms with E-state index in [9.17, 15) is 0 Å². The molecule has 20 heavy (non-hydrogen) atoms. The number of rotatable bonds is 3. The summed E-state index contributed by atoms with van der Waals surface area (Å²) in [5.74, 6) is 0.851. The minimum Gasteiger partial charge on any atom is -0.308 e. The lowest BCUT2D eigenvalue weighted by atomic mass is 10.1. The quantitative estimate of drug-likeness (QED) is 0.932. The van der Waals surface area contributed by atoms with Gasteiger partial charge in [-0.05, 0) is 68.2 Å². The third-order valence-electron chi connectivity index (χ3n) is 3.05. The van der Waals surface area contributed by atoms with E-state index in [2.05, 4.69) is 58.2 Å². The van der Waals surface area contributed by atoms with Crippen molar-refractivity contribution >= 4 is 15.9 Å². The van der Waals surface area contributed by atoms with E-state index in [1.165, 1.54) is 5.56 Å². The van der Waals surface area contributed by atoms with Crippen molar-refractivity contribution in [2.24, 2.45) is 0 Å². The van der Waals surface area contributed by atoms with Crippen LogP contribution in [0.2, 0.25) is 0 Å². The molecule has 2 aromatic heterocycles. The number of nitrogens with zero attached hydrogens (tertiary/aromatic N) is 3. The van der Waals surface area contributed by atoms with Crippen molar-refractivity contribution in [1.82, 2.24) is 20.1 Å². The lowest BCUT2D eigenvalue weighted by Gasteiger charge is -2.20. The summed E-state index contributed by atoms with van der Waals surface area (Å²) < 4.78 is 2.91. The number of pyridine rings is 1. The molecule has 0 aliphatic heterocycles. The number of aryl methyl sites for hydroxylation is 1. The molecule has 2 heterocycles. The Labute approximate surface area is 128 Å². The number of hydrogen-bond donors (Lipinski definition) is 1. The molecule has 0 aliphatic carbocycles. The van der Waals surface area contributed by atoms with Gasteiger partial charge >= 0.3 is 0 Å². The van der Waals surface area contributed by atoms with E-state index < -0.39 is 0 Å². The molecule has 5 heteroatoms. The maximum absolute atomic E-state index is 4.52. The first-order chi connectivity index (χ1) is 9.28. The Bertz CT molecular complexity index is 611. The Hall–Kier alpha value is -1.20. The van der Waals surface area contributed by atoms with Gasteiger partial charge in [-0.15, -0.1) is 0 Å². The van der Waals surface area contributed by atoms with E-state index >= 15 is 0 Å². The molecule has 0 saturated heterocycles. The number of hydrogen-bond acceptors (Lipinski definition) is 3. The van der Waals surface area contributed by atoms with E-state index in [4.69, 9.17) is 0 Å². The molecule has 0 unspecified atom stereocenters. The highest BCUT2D eigenvalue weighted by Gasteiger charge is 2.12. The van der Waals surface area contributed by atoms with Gasteiger partial charge in [-0.1, -0.05) is 0 Å². The molecule has 0 saturated carbocycles. The summed E-state index contributed by atoms with van der Waals surface area (Å²) in [5, 5.41) is 8.00. The normalized spacial score (nSPS) is 11.9. The molecule has 0 aromatic carbocycles. The van der Waals surface area contributed by atoms with Gasteiger partial charge in [0.25, 0.3) is 0 Å². The molecule has 4 nitrogen and oxygen atoms in total. The Balaban J connectivity index is 2.28. The van der Waals surface area contributed by atoms with Crippen LogP contribution in [-0.2, 0) is 6.54 Å². The fraction of sp³-hybridized carbons (Fsp3) is 0.467. The van der Waals surface area contributed by atoms with Crippen LogP contribution in [0.5, 0.6) is 0 Å². The van der Waals surface area contributed by atoms with E-state index in [1.54, 1.807) is 0 Å². The zero-order chi connectivity index (χ0) is 14.9. The van der Waals surface area contributed by atoms with Crippen molar-refractivity contribution in [3.63, 3.8) is 0 Å². The van der Waals surface area contributed by atoms with Gasteiger partial charge < -0.3 is 5.32 Å². The topological polar surface area (TPSA) is 42.7 Å². The van der Waals surface area contributed by atoms with Gasteiger partial charge in [-0.3, -0.25) is 0 Å². The second kappa shape index (κ2) is 5.66. The number of halogens is 1. The lowest BCUT2D eigenvalue weighted by molar-refractivity contribution is 0.424. The summed E-state index contributed by atoms with van der Waals surface area (Å²) in [6.07, 6.45) is 1.83. The smallest absolute Gasteiger partial charge is 0.153 e. The summed E-state index contributed by atoms with van der Waals surface area (Å²) in [5.41, 5.74) is 3.34. The molecule has 0 radical (unpaired) electrons. The van der Waals surface area contributed by atoms with Gasteiger partial charge in [0.05, 0.1) is 15.9 Å². The molecule has 0 spiro atoms. The largest absolute Gasteiger partial charge is 0.308 e. The average Bonchev–Trinajstić information content (AvgIpc) is 2.64. The van der Waals surface area contributed by atoms with E-state index in [0.717, 1.165) is 28.2 Å². The monoisotopic (exact) mass is 336 g/mol. The first-order valence-corrected chi connectivity index (χ1v) is 7.49. The molecule has 0 amide bonds. The molecule has 2 rings (SSSR count). The van der Waals surface area contributed by atoms with Gasteiger partial charge in [0.1, 0.15) is 0 Å². The van der Waals surface area contributed by atoms with Crippen LogP contribution in [0.15, 0.2) is 22.8 Å². The summed E-state index contributed by atoms with van der Waals surface area (Å²) >= 11 is 3.55. The zero-order valence-electron chi connectivity index (χ0n) is 12.7. The molecule has 1 N–H and O–H groups in total. The van der Waals surface area contributed by atoms with Crippen molar-refractivity contribution in [2.45, 2.75) is 46.7 Å². The Kier molecular flexibility index (Phi) is 4.30.